The van der Waals surface area contributed by atoms with Crippen molar-refractivity contribution in [2.45, 2.75) is 45.3 Å². The van der Waals surface area contributed by atoms with Crippen LogP contribution < -0.4 is 5.73 Å². The first-order valence-electron chi connectivity index (χ1n) is 6.65. The zero-order valence-electron chi connectivity index (χ0n) is 11.9. The van der Waals surface area contributed by atoms with Crippen LogP contribution >= 0.6 is 0 Å². The fourth-order valence-corrected chi connectivity index (χ4v) is 2.22. The van der Waals surface area contributed by atoms with E-state index in [1.54, 1.807) is 13.4 Å². The van der Waals surface area contributed by atoms with Crippen molar-refractivity contribution in [2.24, 2.45) is 5.73 Å². The summed E-state index contributed by atoms with van der Waals surface area (Å²) in [4.78, 5) is 2.34. The minimum Gasteiger partial charge on any atom is -0.468 e. The van der Waals surface area contributed by atoms with Crippen molar-refractivity contribution >= 4 is 0 Å². The van der Waals surface area contributed by atoms with Gasteiger partial charge in [-0.2, -0.15) is 0 Å². The lowest BCUT2D eigenvalue weighted by Gasteiger charge is -2.36. The van der Waals surface area contributed by atoms with E-state index < -0.39 is 0 Å². The second kappa shape index (κ2) is 7.56. The quantitative estimate of drug-likeness (QED) is 0.774. The van der Waals surface area contributed by atoms with Crippen molar-refractivity contribution in [2.75, 3.05) is 20.3 Å². The van der Waals surface area contributed by atoms with Crippen molar-refractivity contribution in [3.8, 4) is 0 Å². The summed E-state index contributed by atoms with van der Waals surface area (Å²) in [5.41, 5.74) is 6.28. The van der Waals surface area contributed by atoms with Gasteiger partial charge in [0.25, 0.3) is 0 Å². The molecule has 0 spiro atoms. The van der Waals surface area contributed by atoms with Crippen molar-refractivity contribution in [1.82, 2.24) is 4.90 Å². The molecule has 0 aliphatic rings. The lowest BCUT2D eigenvalue weighted by Crippen LogP contribution is -2.45. The molecule has 2 unspecified atom stereocenters. The van der Waals surface area contributed by atoms with E-state index >= 15 is 0 Å². The number of hydrogen-bond acceptors (Lipinski definition) is 4. The van der Waals surface area contributed by atoms with Crippen molar-refractivity contribution in [1.29, 1.82) is 0 Å². The fourth-order valence-electron chi connectivity index (χ4n) is 2.22. The Morgan fingerprint density at radius 3 is 2.61 bits per heavy atom. The van der Waals surface area contributed by atoms with Gasteiger partial charge in [-0.05, 0) is 32.4 Å². The highest BCUT2D eigenvalue weighted by Crippen LogP contribution is 2.27. The van der Waals surface area contributed by atoms with Crippen LogP contribution in [0.25, 0.3) is 0 Å². The summed E-state index contributed by atoms with van der Waals surface area (Å²) in [5.74, 6) is 0.939. The number of ether oxygens (including phenoxy) is 1. The lowest BCUT2D eigenvalue weighted by molar-refractivity contribution is 0.0731. The Morgan fingerprint density at radius 1 is 1.44 bits per heavy atom. The normalized spacial score (nSPS) is 15.3. The van der Waals surface area contributed by atoms with Gasteiger partial charge in [0.05, 0.1) is 18.9 Å². The van der Waals surface area contributed by atoms with Crippen LogP contribution in [0.1, 0.15) is 39.0 Å². The molecule has 1 heterocycles. The first-order chi connectivity index (χ1) is 8.61. The Bertz CT molecular complexity index is 312. The molecular formula is C14H26N2O2. The van der Waals surface area contributed by atoms with Gasteiger partial charge in [0, 0.05) is 25.7 Å². The number of rotatable bonds is 8. The number of nitrogens with two attached hydrogens (primary N) is 1. The molecule has 18 heavy (non-hydrogen) atoms. The van der Waals surface area contributed by atoms with Crippen LogP contribution in [0.15, 0.2) is 22.8 Å². The maximum Gasteiger partial charge on any atom is 0.122 e. The second-order valence-electron chi connectivity index (χ2n) is 4.86. The standard InChI is InChI=1S/C14H26N2O2/c1-5-12(15)14(13-7-6-9-18-13)16(11(2)3)8-10-17-4/h6-7,9,11-12,14H,5,8,10,15H2,1-4H3. The third-order valence-corrected chi connectivity index (χ3v) is 3.29. The van der Waals surface area contributed by atoms with Crippen LogP contribution in [0.3, 0.4) is 0 Å². The maximum atomic E-state index is 6.28. The predicted molar refractivity (Wildman–Crippen MR) is 73.4 cm³/mol. The van der Waals surface area contributed by atoms with Crippen LogP contribution in [0.2, 0.25) is 0 Å². The Morgan fingerprint density at radius 2 is 2.17 bits per heavy atom. The van der Waals surface area contributed by atoms with E-state index in [9.17, 15) is 0 Å². The van der Waals surface area contributed by atoms with Crippen LogP contribution in [-0.4, -0.2) is 37.2 Å². The Hall–Kier alpha value is -0.840. The number of hydrogen-bond donors (Lipinski definition) is 1. The van der Waals surface area contributed by atoms with Gasteiger partial charge in [-0.1, -0.05) is 6.92 Å². The van der Waals surface area contributed by atoms with E-state index in [4.69, 9.17) is 14.9 Å². The summed E-state index contributed by atoms with van der Waals surface area (Å²) in [5, 5.41) is 0. The third-order valence-electron chi connectivity index (χ3n) is 3.29. The molecule has 1 rings (SSSR count). The van der Waals surface area contributed by atoms with Gasteiger partial charge in [-0.25, -0.2) is 0 Å². The van der Waals surface area contributed by atoms with Crippen LogP contribution in [0.4, 0.5) is 0 Å². The monoisotopic (exact) mass is 254 g/mol. The number of methoxy groups -OCH3 is 1. The smallest absolute Gasteiger partial charge is 0.122 e. The summed E-state index contributed by atoms with van der Waals surface area (Å²) in [6, 6.07) is 4.49. The summed E-state index contributed by atoms with van der Waals surface area (Å²) in [7, 11) is 1.72. The molecule has 0 amide bonds. The Balaban J connectivity index is 2.91. The van der Waals surface area contributed by atoms with Crippen molar-refractivity contribution in [3.05, 3.63) is 24.2 Å². The summed E-state index contributed by atoms with van der Waals surface area (Å²) >= 11 is 0. The molecule has 0 radical (unpaired) electrons. The molecular weight excluding hydrogens is 228 g/mol. The molecule has 1 aromatic heterocycles. The third kappa shape index (κ3) is 3.83. The molecule has 2 atom stereocenters. The highest BCUT2D eigenvalue weighted by molar-refractivity contribution is 5.08. The Kier molecular flexibility index (Phi) is 6.39. The molecule has 0 aliphatic carbocycles. The van der Waals surface area contributed by atoms with Crippen molar-refractivity contribution in [3.63, 3.8) is 0 Å². The minimum atomic E-state index is 0.0652. The van der Waals surface area contributed by atoms with Crippen LogP contribution in [0, 0.1) is 0 Å². The van der Waals surface area contributed by atoms with Gasteiger partial charge in [0.1, 0.15) is 5.76 Å². The summed E-state index contributed by atoms with van der Waals surface area (Å²) in [6.07, 6.45) is 2.63. The summed E-state index contributed by atoms with van der Waals surface area (Å²) < 4.78 is 10.8. The Labute approximate surface area is 110 Å². The average Bonchev–Trinajstić information content (AvgIpc) is 2.86. The van der Waals surface area contributed by atoms with E-state index in [2.05, 4.69) is 25.7 Å². The van der Waals surface area contributed by atoms with E-state index in [0.29, 0.717) is 12.6 Å². The predicted octanol–water partition coefficient (Wildman–Crippen LogP) is 2.41. The van der Waals surface area contributed by atoms with Gasteiger partial charge in [0.2, 0.25) is 0 Å². The molecule has 4 heteroatoms. The zero-order valence-corrected chi connectivity index (χ0v) is 11.9. The molecule has 0 aliphatic heterocycles. The van der Waals surface area contributed by atoms with E-state index in [0.717, 1.165) is 18.7 Å². The van der Waals surface area contributed by atoms with Gasteiger partial charge >= 0.3 is 0 Å². The van der Waals surface area contributed by atoms with Crippen molar-refractivity contribution < 1.29 is 9.15 Å². The molecule has 104 valence electrons. The second-order valence-corrected chi connectivity index (χ2v) is 4.86. The maximum absolute atomic E-state index is 6.28. The largest absolute Gasteiger partial charge is 0.468 e. The number of nitrogens with zero attached hydrogens (tertiary/aromatic N) is 1. The highest BCUT2D eigenvalue weighted by atomic mass is 16.5. The van der Waals surface area contributed by atoms with Gasteiger partial charge in [-0.3, -0.25) is 4.90 Å². The SMILES string of the molecule is CCC(N)C(c1ccco1)N(CCOC)C(C)C. The van der Waals surface area contributed by atoms with Crippen LogP contribution in [-0.2, 0) is 4.74 Å². The van der Waals surface area contributed by atoms with E-state index in [1.807, 2.05) is 12.1 Å². The zero-order chi connectivity index (χ0) is 13.5. The minimum absolute atomic E-state index is 0.0652. The van der Waals surface area contributed by atoms with E-state index in [1.165, 1.54) is 0 Å². The fraction of sp³-hybridized carbons (Fsp3) is 0.714. The lowest BCUT2D eigenvalue weighted by atomic mass is 10.0. The van der Waals surface area contributed by atoms with E-state index in [-0.39, 0.29) is 12.1 Å². The molecule has 0 aromatic carbocycles. The first-order valence-corrected chi connectivity index (χ1v) is 6.65. The average molecular weight is 254 g/mol. The topological polar surface area (TPSA) is 51.6 Å². The molecule has 1 aromatic rings. The first kappa shape index (κ1) is 15.2. The van der Waals surface area contributed by atoms with Crippen LogP contribution in [0.5, 0.6) is 0 Å². The van der Waals surface area contributed by atoms with Gasteiger partial charge < -0.3 is 14.9 Å². The summed E-state index contributed by atoms with van der Waals surface area (Å²) in [6.45, 7) is 8.01. The molecule has 4 nitrogen and oxygen atoms in total. The number of furan rings is 1. The molecule has 0 fully saturated rings. The molecule has 2 N–H and O–H groups in total. The van der Waals surface area contributed by atoms with Gasteiger partial charge in [-0.15, -0.1) is 0 Å². The van der Waals surface area contributed by atoms with Gasteiger partial charge in [0.15, 0.2) is 0 Å². The molecule has 0 saturated carbocycles. The highest BCUT2D eigenvalue weighted by Gasteiger charge is 2.29. The molecule has 0 bridgehead atoms. The molecule has 0 saturated heterocycles.